The standard InChI is InChI=1S/C23H31NO.C2H2O4/c1-2-3-7-20-12-14-23(15-13-20)25-19-22-10-8-21(9-11-22)18-24-16-5-4-6-17-24;3-1(4)2(5)6/h8-15H,2-7,16-19H2,1H3;(H,3,4)(H,5,6). The Bertz CT molecular complexity index is 784. The molecule has 6 heteroatoms. The fraction of sp³-hybridized carbons (Fsp3) is 0.440. The van der Waals surface area contributed by atoms with Crippen molar-refractivity contribution < 1.29 is 24.5 Å². The third kappa shape index (κ3) is 9.66. The van der Waals surface area contributed by atoms with E-state index in [1.165, 1.54) is 61.9 Å². The van der Waals surface area contributed by atoms with E-state index in [0.29, 0.717) is 6.61 Å². The van der Waals surface area contributed by atoms with E-state index >= 15 is 0 Å². The molecule has 6 nitrogen and oxygen atoms in total. The van der Waals surface area contributed by atoms with Gasteiger partial charge in [-0.15, -0.1) is 0 Å². The molecule has 2 N–H and O–H groups in total. The number of benzene rings is 2. The summed E-state index contributed by atoms with van der Waals surface area (Å²) in [6.07, 6.45) is 7.75. The first kappa shape index (κ1) is 24.4. The van der Waals surface area contributed by atoms with Gasteiger partial charge in [-0.3, -0.25) is 4.90 Å². The van der Waals surface area contributed by atoms with Crippen LogP contribution in [-0.4, -0.2) is 40.1 Å². The Morgan fingerprint density at radius 2 is 1.39 bits per heavy atom. The van der Waals surface area contributed by atoms with Crippen molar-refractivity contribution in [2.45, 2.75) is 58.6 Å². The van der Waals surface area contributed by atoms with Crippen LogP contribution in [0.1, 0.15) is 55.7 Å². The third-order valence-electron chi connectivity index (χ3n) is 5.21. The summed E-state index contributed by atoms with van der Waals surface area (Å²) in [6, 6.07) is 17.5. The average molecular weight is 428 g/mol. The van der Waals surface area contributed by atoms with Gasteiger partial charge in [0.2, 0.25) is 0 Å². The van der Waals surface area contributed by atoms with E-state index in [2.05, 4.69) is 60.4 Å². The van der Waals surface area contributed by atoms with E-state index in [-0.39, 0.29) is 0 Å². The zero-order chi connectivity index (χ0) is 22.5. The van der Waals surface area contributed by atoms with Crippen LogP contribution >= 0.6 is 0 Å². The van der Waals surface area contributed by atoms with Gasteiger partial charge >= 0.3 is 11.9 Å². The number of hydrogen-bond donors (Lipinski definition) is 2. The van der Waals surface area contributed by atoms with Gasteiger partial charge in [-0.2, -0.15) is 0 Å². The fourth-order valence-corrected chi connectivity index (χ4v) is 3.42. The lowest BCUT2D eigenvalue weighted by Crippen LogP contribution is -2.29. The van der Waals surface area contributed by atoms with Gasteiger partial charge in [0.25, 0.3) is 0 Å². The molecular formula is C25H33NO5. The minimum absolute atomic E-state index is 0.637. The van der Waals surface area contributed by atoms with Crippen LogP contribution in [-0.2, 0) is 29.2 Å². The Kier molecular flexibility index (Phi) is 10.6. The molecule has 1 saturated heterocycles. The number of carboxylic acid groups (broad SMARTS) is 2. The highest BCUT2D eigenvalue weighted by Gasteiger charge is 2.10. The molecule has 0 aromatic heterocycles. The first-order valence-corrected chi connectivity index (χ1v) is 11.0. The second-order valence-electron chi connectivity index (χ2n) is 7.80. The highest BCUT2D eigenvalue weighted by atomic mass is 16.5. The molecule has 1 heterocycles. The summed E-state index contributed by atoms with van der Waals surface area (Å²) in [7, 11) is 0. The molecule has 0 unspecified atom stereocenters. The Morgan fingerprint density at radius 1 is 0.839 bits per heavy atom. The van der Waals surface area contributed by atoms with E-state index in [4.69, 9.17) is 24.5 Å². The van der Waals surface area contributed by atoms with Crippen LogP contribution < -0.4 is 4.74 Å². The molecule has 0 aliphatic carbocycles. The molecule has 0 amide bonds. The molecule has 0 atom stereocenters. The van der Waals surface area contributed by atoms with Gasteiger partial charge in [0, 0.05) is 6.54 Å². The van der Waals surface area contributed by atoms with Crippen LogP contribution in [0.5, 0.6) is 5.75 Å². The second-order valence-corrected chi connectivity index (χ2v) is 7.80. The first-order valence-electron chi connectivity index (χ1n) is 11.0. The Labute approximate surface area is 184 Å². The Balaban J connectivity index is 0.000000501. The molecule has 1 aliphatic rings. The van der Waals surface area contributed by atoms with Gasteiger partial charge in [0.15, 0.2) is 0 Å². The van der Waals surface area contributed by atoms with E-state index < -0.39 is 11.9 Å². The number of carbonyl (C=O) groups is 2. The smallest absolute Gasteiger partial charge is 0.414 e. The largest absolute Gasteiger partial charge is 0.489 e. The van der Waals surface area contributed by atoms with Gasteiger partial charge in [0.05, 0.1) is 0 Å². The van der Waals surface area contributed by atoms with Gasteiger partial charge in [-0.05, 0) is 67.6 Å². The van der Waals surface area contributed by atoms with Crippen molar-refractivity contribution in [3.05, 3.63) is 65.2 Å². The Hall–Kier alpha value is -2.86. The number of piperidine rings is 1. The van der Waals surface area contributed by atoms with Gasteiger partial charge < -0.3 is 14.9 Å². The van der Waals surface area contributed by atoms with Crippen molar-refractivity contribution in [2.24, 2.45) is 0 Å². The average Bonchev–Trinajstić information content (AvgIpc) is 2.79. The van der Waals surface area contributed by atoms with E-state index in [0.717, 1.165) is 18.7 Å². The number of unbranched alkanes of at least 4 members (excludes halogenated alkanes) is 1. The molecule has 168 valence electrons. The monoisotopic (exact) mass is 427 g/mol. The number of nitrogens with zero attached hydrogens (tertiary/aromatic N) is 1. The summed E-state index contributed by atoms with van der Waals surface area (Å²) >= 11 is 0. The lowest BCUT2D eigenvalue weighted by Gasteiger charge is -2.26. The lowest BCUT2D eigenvalue weighted by molar-refractivity contribution is -0.159. The summed E-state index contributed by atoms with van der Waals surface area (Å²) in [6.45, 7) is 6.45. The van der Waals surface area contributed by atoms with Crippen LogP contribution in [0.25, 0.3) is 0 Å². The molecule has 0 bridgehead atoms. The molecule has 2 aromatic rings. The molecule has 0 saturated carbocycles. The van der Waals surface area contributed by atoms with Crippen molar-refractivity contribution in [1.29, 1.82) is 0 Å². The number of aryl methyl sites for hydroxylation is 1. The zero-order valence-corrected chi connectivity index (χ0v) is 18.3. The number of hydrogen-bond acceptors (Lipinski definition) is 4. The summed E-state index contributed by atoms with van der Waals surface area (Å²) < 4.78 is 5.93. The van der Waals surface area contributed by atoms with Crippen molar-refractivity contribution >= 4 is 11.9 Å². The van der Waals surface area contributed by atoms with E-state index in [1.54, 1.807) is 0 Å². The van der Waals surface area contributed by atoms with Crippen molar-refractivity contribution in [3.8, 4) is 5.75 Å². The highest BCUT2D eigenvalue weighted by Crippen LogP contribution is 2.17. The molecule has 3 rings (SSSR count). The zero-order valence-electron chi connectivity index (χ0n) is 18.3. The lowest BCUT2D eigenvalue weighted by atomic mass is 10.1. The summed E-state index contributed by atoms with van der Waals surface area (Å²) in [5.41, 5.74) is 4.04. The molecule has 31 heavy (non-hydrogen) atoms. The maximum Gasteiger partial charge on any atom is 0.414 e. The molecule has 2 aromatic carbocycles. The SMILES string of the molecule is CCCCc1ccc(OCc2ccc(CN3CCCCC3)cc2)cc1.O=C(O)C(=O)O. The predicted molar refractivity (Wildman–Crippen MR) is 120 cm³/mol. The maximum atomic E-state index is 9.10. The normalized spacial score (nSPS) is 13.7. The number of ether oxygens (including phenoxy) is 1. The summed E-state index contributed by atoms with van der Waals surface area (Å²) in [4.78, 5) is 20.8. The van der Waals surface area contributed by atoms with Gasteiger partial charge in [0.1, 0.15) is 12.4 Å². The van der Waals surface area contributed by atoms with Crippen LogP contribution in [0.2, 0.25) is 0 Å². The minimum atomic E-state index is -1.82. The first-order chi connectivity index (χ1) is 15.0. The topological polar surface area (TPSA) is 87.1 Å². The number of aliphatic carboxylic acids is 2. The van der Waals surface area contributed by atoms with Crippen molar-refractivity contribution in [2.75, 3.05) is 13.1 Å². The molecular weight excluding hydrogens is 394 g/mol. The number of likely N-dealkylation sites (tertiary alicyclic amines) is 1. The van der Waals surface area contributed by atoms with Crippen LogP contribution in [0.4, 0.5) is 0 Å². The van der Waals surface area contributed by atoms with Gasteiger partial charge in [-0.1, -0.05) is 56.2 Å². The number of rotatable bonds is 8. The molecule has 1 aliphatic heterocycles. The van der Waals surface area contributed by atoms with E-state index in [9.17, 15) is 0 Å². The maximum absolute atomic E-state index is 9.10. The third-order valence-corrected chi connectivity index (χ3v) is 5.21. The molecule has 0 spiro atoms. The van der Waals surface area contributed by atoms with Crippen molar-refractivity contribution in [1.82, 2.24) is 4.90 Å². The quantitative estimate of drug-likeness (QED) is 0.591. The second kappa shape index (κ2) is 13.4. The predicted octanol–water partition coefficient (Wildman–Crippen LogP) is 4.75. The molecule has 0 radical (unpaired) electrons. The van der Waals surface area contributed by atoms with Crippen LogP contribution in [0.15, 0.2) is 48.5 Å². The minimum Gasteiger partial charge on any atom is -0.489 e. The highest BCUT2D eigenvalue weighted by molar-refractivity contribution is 6.27. The van der Waals surface area contributed by atoms with Gasteiger partial charge in [-0.25, -0.2) is 9.59 Å². The fourth-order valence-electron chi connectivity index (χ4n) is 3.42. The van der Waals surface area contributed by atoms with E-state index in [1.807, 2.05) is 0 Å². The Morgan fingerprint density at radius 3 is 1.94 bits per heavy atom. The molecule has 1 fully saturated rings. The summed E-state index contributed by atoms with van der Waals surface area (Å²) in [5.74, 6) is -2.69. The van der Waals surface area contributed by atoms with Crippen LogP contribution in [0, 0.1) is 0 Å². The van der Waals surface area contributed by atoms with Crippen molar-refractivity contribution in [3.63, 3.8) is 0 Å². The summed E-state index contributed by atoms with van der Waals surface area (Å²) in [5, 5.41) is 14.8. The van der Waals surface area contributed by atoms with Crippen LogP contribution in [0.3, 0.4) is 0 Å². The number of carboxylic acids is 2.